The largest absolute Gasteiger partial charge is 0.437 e. The van der Waals surface area contributed by atoms with Gasteiger partial charge in [-0.15, -0.1) is 10.2 Å². The maximum absolute atomic E-state index is 12.0. The molecule has 0 amide bonds. The Morgan fingerprint density at radius 3 is 2.52 bits per heavy atom. The van der Waals surface area contributed by atoms with E-state index in [0.717, 1.165) is 22.5 Å². The molecule has 2 aromatic heterocycles. The number of hydrogen-bond donors (Lipinski definition) is 0. The van der Waals surface area contributed by atoms with Crippen molar-refractivity contribution in [2.45, 2.75) is 6.92 Å². The molecule has 0 aliphatic heterocycles. The SMILES string of the molecule is Cc1ccc(Oc2nn3c(=O)cnnc3c3ccccc23)cc1. The van der Waals surface area contributed by atoms with Crippen molar-refractivity contribution < 1.29 is 4.74 Å². The molecule has 0 fully saturated rings. The van der Waals surface area contributed by atoms with Gasteiger partial charge in [-0.1, -0.05) is 35.9 Å². The first-order chi connectivity index (χ1) is 11.2. The van der Waals surface area contributed by atoms with Gasteiger partial charge in [0, 0.05) is 10.8 Å². The first-order valence-corrected chi connectivity index (χ1v) is 7.10. The zero-order valence-corrected chi connectivity index (χ0v) is 12.3. The van der Waals surface area contributed by atoms with Crippen LogP contribution >= 0.6 is 0 Å². The van der Waals surface area contributed by atoms with Gasteiger partial charge in [0.15, 0.2) is 5.65 Å². The Morgan fingerprint density at radius 1 is 1.00 bits per heavy atom. The van der Waals surface area contributed by atoms with Crippen LogP contribution in [0.4, 0.5) is 0 Å². The second-order valence-electron chi connectivity index (χ2n) is 5.18. The summed E-state index contributed by atoms with van der Waals surface area (Å²) >= 11 is 0. The number of hydrogen-bond acceptors (Lipinski definition) is 5. The topological polar surface area (TPSA) is 69.4 Å². The molecule has 0 saturated carbocycles. The fraction of sp³-hybridized carbons (Fsp3) is 0.0588. The minimum Gasteiger partial charge on any atom is -0.437 e. The minimum absolute atomic E-state index is 0.352. The van der Waals surface area contributed by atoms with Crippen LogP contribution in [0.3, 0.4) is 0 Å². The Kier molecular flexibility index (Phi) is 3.01. The molecular formula is C17H12N4O2. The van der Waals surface area contributed by atoms with Crippen molar-refractivity contribution in [3.8, 4) is 11.6 Å². The summed E-state index contributed by atoms with van der Waals surface area (Å²) in [6.07, 6.45) is 1.13. The summed E-state index contributed by atoms with van der Waals surface area (Å²) in [7, 11) is 0. The highest BCUT2D eigenvalue weighted by molar-refractivity contribution is 5.96. The second-order valence-corrected chi connectivity index (χ2v) is 5.18. The van der Waals surface area contributed by atoms with Crippen LogP contribution in [-0.2, 0) is 0 Å². The highest BCUT2D eigenvalue weighted by atomic mass is 16.5. The molecule has 2 heterocycles. The zero-order chi connectivity index (χ0) is 15.8. The second kappa shape index (κ2) is 5.17. The van der Waals surface area contributed by atoms with E-state index in [1.165, 1.54) is 4.52 Å². The van der Waals surface area contributed by atoms with Crippen LogP contribution < -0.4 is 10.3 Å². The van der Waals surface area contributed by atoms with E-state index < -0.39 is 0 Å². The Labute approximate surface area is 131 Å². The van der Waals surface area contributed by atoms with Crippen molar-refractivity contribution in [2.24, 2.45) is 0 Å². The number of rotatable bonds is 2. The Balaban J connectivity index is 1.98. The van der Waals surface area contributed by atoms with Gasteiger partial charge in [0.05, 0.1) is 0 Å². The van der Waals surface area contributed by atoms with E-state index in [9.17, 15) is 4.79 Å². The molecular weight excluding hydrogens is 292 g/mol. The van der Waals surface area contributed by atoms with Gasteiger partial charge in [0.2, 0.25) is 5.88 Å². The first kappa shape index (κ1) is 13.4. The van der Waals surface area contributed by atoms with Gasteiger partial charge >= 0.3 is 0 Å². The molecule has 0 aliphatic rings. The maximum Gasteiger partial charge on any atom is 0.293 e. The minimum atomic E-state index is -0.352. The third kappa shape index (κ3) is 2.30. The van der Waals surface area contributed by atoms with Crippen molar-refractivity contribution in [1.82, 2.24) is 19.8 Å². The van der Waals surface area contributed by atoms with Gasteiger partial charge in [0.25, 0.3) is 5.56 Å². The molecule has 4 rings (SSSR count). The lowest BCUT2D eigenvalue weighted by Crippen LogP contribution is -2.18. The average molecular weight is 304 g/mol. The first-order valence-electron chi connectivity index (χ1n) is 7.10. The monoisotopic (exact) mass is 304 g/mol. The maximum atomic E-state index is 12.0. The summed E-state index contributed by atoms with van der Waals surface area (Å²) in [5, 5.41) is 13.6. The standard InChI is InChI=1S/C17H12N4O2/c1-11-6-8-12(9-7-11)23-17-14-5-3-2-4-13(14)16-19-18-10-15(22)21(16)20-17/h2-10H,1H3. The summed E-state index contributed by atoms with van der Waals surface area (Å²) in [5.41, 5.74) is 1.19. The number of ether oxygens (including phenoxy) is 1. The lowest BCUT2D eigenvalue weighted by molar-refractivity contribution is 0.457. The average Bonchev–Trinajstić information content (AvgIpc) is 2.58. The summed E-state index contributed by atoms with van der Waals surface area (Å²) in [4.78, 5) is 12.0. The van der Waals surface area contributed by atoms with E-state index in [0.29, 0.717) is 17.3 Å². The Bertz CT molecular complexity index is 1070. The molecule has 0 bridgehead atoms. The molecule has 2 aromatic carbocycles. The number of fused-ring (bicyclic) bond motifs is 3. The highest BCUT2D eigenvalue weighted by Crippen LogP contribution is 2.28. The van der Waals surface area contributed by atoms with Crippen LogP contribution in [0.2, 0.25) is 0 Å². The quantitative estimate of drug-likeness (QED) is 0.533. The van der Waals surface area contributed by atoms with Crippen molar-refractivity contribution in [3.05, 3.63) is 70.6 Å². The predicted octanol–water partition coefficient (Wildman–Crippen LogP) is 2.74. The summed E-state index contributed by atoms with van der Waals surface area (Å²) in [6.45, 7) is 2.01. The van der Waals surface area contributed by atoms with Crippen LogP contribution in [0, 0.1) is 6.92 Å². The van der Waals surface area contributed by atoms with Crippen molar-refractivity contribution in [2.75, 3.05) is 0 Å². The predicted molar refractivity (Wildman–Crippen MR) is 85.8 cm³/mol. The number of nitrogens with zero attached hydrogens (tertiary/aromatic N) is 4. The summed E-state index contributed by atoms with van der Waals surface area (Å²) in [6, 6.07) is 15.1. The molecule has 23 heavy (non-hydrogen) atoms. The van der Waals surface area contributed by atoms with E-state index >= 15 is 0 Å². The lowest BCUT2D eigenvalue weighted by atomic mass is 10.2. The van der Waals surface area contributed by atoms with Crippen LogP contribution in [0.5, 0.6) is 11.6 Å². The smallest absolute Gasteiger partial charge is 0.293 e. The van der Waals surface area contributed by atoms with Crippen LogP contribution in [0.25, 0.3) is 16.4 Å². The van der Waals surface area contributed by atoms with Crippen molar-refractivity contribution in [3.63, 3.8) is 0 Å². The molecule has 0 spiro atoms. The van der Waals surface area contributed by atoms with E-state index in [1.807, 2.05) is 55.5 Å². The number of aromatic nitrogens is 4. The fourth-order valence-corrected chi connectivity index (χ4v) is 2.40. The molecule has 0 aliphatic carbocycles. The van der Waals surface area contributed by atoms with Crippen LogP contribution in [-0.4, -0.2) is 19.8 Å². The van der Waals surface area contributed by atoms with Gasteiger partial charge in [-0.25, -0.2) is 0 Å². The van der Waals surface area contributed by atoms with Crippen LogP contribution in [0.1, 0.15) is 5.56 Å². The molecule has 0 radical (unpaired) electrons. The molecule has 0 N–H and O–H groups in total. The Hall–Kier alpha value is -3.28. The lowest BCUT2D eigenvalue weighted by Gasteiger charge is -2.10. The van der Waals surface area contributed by atoms with Gasteiger partial charge < -0.3 is 4.74 Å². The van der Waals surface area contributed by atoms with Gasteiger partial charge in [-0.2, -0.15) is 9.61 Å². The summed E-state index contributed by atoms with van der Waals surface area (Å²) in [5.74, 6) is 1.01. The third-order valence-electron chi connectivity index (χ3n) is 3.55. The molecule has 4 aromatic rings. The van der Waals surface area contributed by atoms with E-state index in [2.05, 4.69) is 15.3 Å². The summed E-state index contributed by atoms with van der Waals surface area (Å²) < 4.78 is 7.10. The Morgan fingerprint density at radius 2 is 1.74 bits per heavy atom. The molecule has 0 atom stereocenters. The fourth-order valence-electron chi connectivity index (χ4n) is 2.40. The van der Waals surface area contributed by atoms with E-state index in [-0.39, 0.29) is 5.56 Å². The zero-order valence-electron chi connectivity index (χ0n) is 12.3. The van der Waals surface area contributed by atoms with E-state index in [1.54, 1.807) is 0 Å². The molecule has 0 saturated heterocycles. The molecule has 6 nitrogen and oxygen atoms in total. The van der Waals surface area contributed by atoms with E-state index in [4.69, 9.17) is 4.74 Å². The molecule has 112 valence electrons. The molecule has 0 unspecified atom stereocenters. The van der Waals surface area contributed by atoms with Crippen molar-refractivity contribution >= 4 is 16.4 Å². The normalized spacial score (nSPS) is 11.0. The highest BCUT2D eigenvalue weighted by Gasteiger charge is 2.12. The number of benzene rings is 2. The molecule has 6 heteroatoms. The van der Waals surface area contributed by atoms with Crippen molar-refractivity contribution in [1.29, 1.82) is 0 Å². The third-order valence-corrected chi connectivity index (χ3v) is 3.55. The van der Waals surface area contributed by atoms with Gasteiger partial charge in [0.1, 0.15) is 11.9 Å². The number of aryl methyl sites for hydroxylation is 1. The van der Waals surface area contributed by atoms with Gasteiger partial charge in [-0.05, 0) is 25.1 Å². The van der Waals surface area contributed by atoms with Crippen LogP contribution in [0.15, 0.2) is 59.5 Å². The van der Waals surface area contributed by atoms with Gasteiger partial charge in [-0.3, -0.25) is 4.79 Å².